The Labute approximate surface area is 368 Å². The average Bonchev–Trinajstić information content (AvgIpc) is 3.21. The molecule has 0 saturated heterocycles. The Balaban J connectivity index is 4.30. The van der Waals surface area contributed by atoms with Crippen LogP contribution in [0.15, 0.2) is 60.8 Å². The normalized spacial score (nSPS) is 13.4. The lowest BCUT2D eigenvalue weighted by Crippen LogP contribution is -2.55. The number of carbonyl (C=O) groups excluding carboxylic acids is 3. The van der Waals surface area contributed by atoms with Gasteiger partial charge < -0.3 is 28.6 Å². The summed E-state index contributed by atoms with van der Waals surface area (Å²) in [7, 11) is 5.39. The van der Waals surface area contributed by atoms with Crippen LogP contribution in [0.25, 0.3) is 0 Å². The van der Waals surface area contributed by atoms with Crippen molar-refractivity contribution in [3.05, 3.63) is 60.8 Å². The maximum atomic E-state index is 12.7. The van der Waals surface area contributed by atoms with Gasteiger partial charge in [-0.15, -0.1) is 0 Å². The molecule has 0 aromatic carbocycles. The number of nitrogens with zero attached hydrogens (tertiary/aromatic N) is 1. The summed E-state index contributed by atoms with van der Waals surface area (Å²) in [6.45, 7) is 4.51. The Morgan fingerprint density at radius 3 is 1.43 bits per heavy atom. The molecule has 0 bridgehead atoms. The first-order chi connectivity index (χ1) is 29.1. The number of unbranched alkanes of at least 4 members (excludes halogenated alkanes) is 19. The Morgan fingerprint density at radius 2 is 0.933 bits per heavy atom. The third kappa shape index (κ3) is 40.4. The highest BCUT2D eigenvalue weighted by atomic mass is 16.6. The van der Waals surface area contributed by atoms with Crippen molar-refractivity contribution in [1.29, 1.82) is 0 Å². The zero-order chi connectivity index (χ0) is 44.2. The van der Waals surface area contributed by atoms with Crippen molar-refractivity contribution in [2.45, 2.75) is 212 Å². The lowest BCUT2D eigenvalue weighted by molar-refractivity contribution is -0.889. The Hall–Kier alpha value is -2.97. The highest BCUT2D eigenvalue weighted by Crippen LogP contribution is 2.14. The first-order valence-corrected chi connectivity index (χ1v) is 24.3. The number of carbonyl (C=O) groups is 3. The maximum Gasteiger partial charge on any atom is 0.306 e. The molecule has 0 rings (SSSR count). The number of hydrogen-bond donors (Lipinski definition) is 0. The van der Waals surface area contributed by atoms with Crippen molar-refractivity contribution in [3.8, 4) is 0 Å². The number of ether oxygens (including phenoxy) is 3. The number of rotatable bonds is 43. The van der Waals surface area contributed by atoms with Crippen LogP contribution in [0.4, 0.5) is 0 Å². The van der Waals surface area contributed by atoms with Crippen LogP contribution in [0, 0.1) is 0 Å². The molecule has 0 fully saturated rings. The first kappa shape index (κ1) is 57.0. The fourth-order valence-corrected chi connectivity index (χ4v) is 6.88. The first-order valence-electron chi connectivity index (χ1n) is 24.3. The third-order valence-electron chi connectivity index (χ3n) is 10.6. The average molecular weight is 842 g/mol. The molecule has 0 spiro atoms. The van der Waals surface area contributed by atoms with E-state index in [0.717, 1.165) is 57.8 Å². The fraction of sp³-hybridized carbons (Fsp3) is 0.750. The lowest BCUT2D eigenvalue weighted by Gasteiger charge is -2.34. The van der Waals surface area contributed by atoms with Gasteiger partial charge in [-0.3, -0.25) is 9.59 Å². The van der Waals surface area contributed by atoms with E-state index in [1.54, 1.807) is 21.1 Å². The highest BCUT2D eigenvalue weighted by molar-refractivity contribution is 5.70. The predicted octanol–water partition coefficient (Wildman–Crippen LogP) is 12.4. The highest BCUT2D eigenvalue weighted by Gasteiger charge is 2.25. The monoisotopic (exact) mass is 842 g/mol. The Morgan fingerprint density at radius 1 is 0.517 bits per heavy atom. The van der Waals surface area contributed by atoms with Crippen LogP contribution in [-0.4, -0.2) is 75.5 Å². The van der Waals surface area contributed by atoms with Gasteiger partial charge in [-0.1, -0.05) is 164 Å². The number of allylic oxidation sites excluding steroid dienone is 10. The van der Waals surface area contributed by atoms with Crippen molar-refractivity contribution in [2.24, 2.45) is 0 Å². The molecule has 0 amide bonds. The second kappa shape index (κ2) is 42.7. The third-order valence-corrected chi connectivity index (χ3v) is 10.6. The van der Waals surface area contributed by atoms with E-state index in [4.69, 9.17) is 14.2 Å². The predicted molar refractivity (Wildman–Crippen MR) is 249 cm³/mol. The quantitative estimate of drug-likeness (QED) is 0.0261. The van der Waals surface area contributed by atoms with Gasteiger partial charge in [0.05, 0.1) is 40.3 Å². The van der Waals surface area contributed by atoms with Crippen LogP contribution in [0.1, 0.15) is 200 Å². The van der Waals surface area contributed by atoms with Gasteiger partial charge >= 0.3 is 11.9 Å². The summed E-state index contributed by atoms with van der Waals surface area (Å²) in [5, 5.41) is 11.6. The smallest absolute Gasteiger partial charge is 0.306 e. The van der Waals surface area contributed by atoms with Crippen LogP contribution < -0.4 is 5.11 Å². The topological polar surface area (TPSA) is 102 Å². The van der Waals surface area contributed by atoms with Crippen LogP contribution in [0.3, 0.4) is 0 Å². The van der Waals surface area contributed by atoms with E-state index in [0.29, 0.717) is 12.8 Å². The van der Waals surface area contributed by atoms with Gasteiger partial charge in [0.1, 0.15) is 12.6 Å². The van der Waals surface area contributed by atoms with Crippen LogP contribution in [0.2, 0.25) is 0 Å². The van der Waals surface area contributed by atoms with E-state index < -0.39 is 18.1 Å². The number of carboxylic acids is 1. The van der Waals surface area contributed by atoms with Gasteiger partial charge in [-0.2, -0.15) is 0 Å². The van der Waals surface area contributed by atoms with E-state index in [9.17, 15) is 19.5 Å². The molecule has 0 saturated carbocycles. The lowest BCUT2D eigenvalue weighted by atomic mass is 10.1. The minimum absolute atomic E-state index is 0.0218. The second-order valence-electron chi connectivity index (χ2n) is 17.3. The largest absolute Gasteiger partial charge is 0.544 e. The molecule has 0 N–H and O–H groups in total. The number of quaternary nitrogens is 1. The van der Waals surface area contributed by atoms with Crippen molar-refractivity contribution in [3.63, 3.8) is 0 Å². The molecule has 60 heavy (non-hydrogen) atoms. The SMILES string of the molecule is CC/C=C\C/C=C\C/C=C\C/C=C\CCCCC(=O)OC(COCCC(C(=O)[O-])[N+](C)(C)C)COC(=O)CCCCCCCCCCC/C=C\CCCCCCCCCC. The van der Waals surface area contributed by atoms with E-state index in [-0.39, 0.29) is 49.1 Å². The van der Waals surface area contributed by atoms with E-state index >= 15 is 0 Å². The molecular formula is C52H91NO7. The van der Waals surface area contributed by atoms with Crippen molar-refractivity contribution >= 4 is 17.9 Å². The molecule has 2 unspecified atom stereocenters. The summed E-state index contributed by atoms with van der Waals surface area (Å²) in [4.78, 5) is 36.9. The van der Waals surface area contributed by atoms with Gasteiger partial charge in [-0.05, 0) is 77.0 Å². The van der Waals surface area contributed by atoms with E-state index in [2.05, 4.69) is 74.6 Å². The standard InChI is InChI=1S/C52H91NO7/c1-6-8-10-12-14-16-18-20-22-23-24-25-26-27-29-30-32-34-36-38-40-42-50(54)59-47-48(46-58-45-44-49(52(56)57)53(3,4)5)60-51(55)43-41-39-37-35-33-31-28-21-19-17-15-13-11-9-7-2/h9,11,15,17,21,23-24,28,33,35,48-49H,6-8,10,12-14,16,18-20,22,25-27,29-32,34,36-47H2,1-5H3/b11-9-,17-15-,24-23-,28-21-,35-33-. The Bertz CT molecular complexity index is 1170. The van der Waals surface area contributed by atoms with Gasteiger partial charge in [0.25, 0.3) is 0 Å². The van der Waals surface area contributed by atoms with E-state index in [1.165, 1.54) is 103 Å². The van der Waals surface area contributed by atoms with Crippen molar-refractivity contribution < 1.29 is 38.2 Å². The zero-order valence-electron chi connectivity index (χ0n) is 39.4. The second-order valence-corrected chi connectivity index (χ2v) is 17.3. The Kier molecular flexibility index (Phi) is 40.6. The summed E-state index contributed by atoms with van der Waals surface area (Å²) in [5.41, 5.74) is 0. The summed E-state index contributed by atoms with van der Waals surface area (Å²) in [5.74, 6) is -1.79. The summed E-state index contributed by atoms with van der Waals surface area (Å²) in [6, 6.07) is -0.736. The molecule has 0 aliphatic carbocycles. The number of likely N-dealkylation sites (N-methyl/N-ethyl adjacent to an activating group) is 1. The molecule has 0 aliphatic rings. The van der Waals surface area contributed by atoms with Gasteiger partial charge in [-0.25, -0.2) is 0 Å². The molecule has 8 nitrogen and oxygen atoms in total. The zero-order valence-corrected chi connectivity index (χ0v) is 39.4. The number of hydrogen-bond acceptors (Lipinski definition) is 7. The molecule has 0 aromatic heterocycles. The number of aliphatic carboxylic acids is 1. The van der Waals surface area contributed by atoms with Crippen LogP contribution in [0.5, 0.6) is 0 Å². The van der Waals surface area contributed by atoms with Gasteiger partial charge in [0.2, 0.25) is 0 Å². The van der Waals surface area contributed by atoms with Gasteiger partial charge in [0, 0.05) is 19.3 Å². The minimum atomic E-state index is -1.13. The number of carboxylic acid groups (broad SMARTS) is 1. The molecule has 346 valence electrons. The van der Waals surface area contributed by atoms with Crippen molar-refractivity contribution in [2.75, 3.05) is 41.0 Å². The fourth-order valence-electron chi connectivity index (χ4n) is 6.88. The van der Waals surface area contributed by atoms with E-state index in [1.807, 2.05) is 0 Å². The number of esters is 2. The van der Waals surface area contributed by atoms with Crippen LogP contribution >= 0.6 is 0 Å². The molecule has 0 heterocycles. The summed E-state index contributed by atoms with van der Waals surface area (Å²) >= 11 is 0. The van der Waals surface area contributed by atoms with Gasteiger partial charge in [0.15, 0.2) is 6.10 Å². The molecule has 0 aromatic rings. The molecule has 2 atom stereocenters. The maximum absolute atomic E-state index is 12.7. The molecule has 8 heteroatoms. The molecule has 0 radical (unpaired) electrons. The van der Waals surface area contributed by atoms with Crippen molar-refractivity contribution in [1.82, 2.24) is 0 Å². The minimum Gasteiger partial charge on any atom is -0.544 e. The van der Waals surface area contributed by atoms with Crippen LogP contribution in [-0.2, 0) is 28.6 Å². The summed E-state index contributed by atoms with van der Waals surface area (Å²) in [6.07, 6.45) is 52.6. The summed E-state index contributed by atoms with van der Waals surface area (Å²) < 4.78 is 17.2. The molecular weight excluding hydrogens is 751 g/mol. The molecule has 0 aliphatic heterocycles.